The molecule has 1 aromatic heterocycles. The average Bonchev–Trinajstić information content (AvgIpc) is 3.14. The van der Waals surface area contributed by atoms with Gasteiger partial charge in [-0.1, -0.05) is 59.9 Å². The lowest BCUT2D eigenvalue weighted by atomic mass is 10.1. The predicted octanol–water partition coefficient (Wildman–Crippen LogP) is 4.67. The Hall–Kier alpha value is -3.23. The number of thiazole rings is 1. The quantitative estimate of drug-likeness (QED) is 0.440. The van der Waals surface area contributed by atoms with Crippen LogP contribution in [0.5, 0.6) is 0 Å². The fraction of sp³-hybridized carbons (Fsp3) is 0.0909. The lowest BCUT2D eigenvalue weighted by Crippen LogP contribution is -2.12. The van der Waals surface area contributed by atoms with Gasteiger partial charge in [-0.3, -0.25) is 9.52 Å². The van der Waals surface area contributed by atoms with Crippen LogP contribution in [0.25, 0.3) is 10.2 Å². The van der Waals surface area contributed by atoms with E-state index in [1.165, 1.54) is 23.5 Å². The van der Waals surface area contributed by atoms with Crippen molar-refractivity contribution in [3.05, 3.63) is 84.4 Å². The predicted molar refractivity (Wildman–Crippen MR) is 120 cm³/mol. The third kappa shape index (κ3) is 4.84. The molecule has 8 heteroatoms. The third-order valence-electron chi connectivity index (χ3n) is 4.43. The van der Waals surface area contributed by atoms with E-state index in [-0.39, 0.29) is 15.9 Å². The van der Waals surface area contributed by atoms with Crippen molar-refractivity contribution >= 4 is 48.3 Å². The van der Waals surface area contributed by atoms with Crippen LogP contribution in [0.2, 0.25) is 0 Å². The monoisotopic (exact) mass is 437 g/mol. The molecule has 0 aliphatic carbocycles. The molecule has 1 heterocycles. The van der Waals surface area contributed by atoms with Crippen LogP contribution in [-0.2, 0) is 21.2 Å². The average molecular weight is 438 g/mol. The summed E-state index contributed by atoms with van der Waals surface area (Å²) in [6.07, 6.45) is 1.05. The van der Waals surface area contributed by atoms with E-state index in [1.54, 1.807) is 36.4 Å². The van der Waals surface area contributed by atoms with E-state index in [9.17, 15) is 13.2 Å². The van der Waals surface area contributed by atoms with Crippen LogP contribution in [0.3, 0.4) is 0 Å². The number of aryl methyl sites for hydroxylation is 1. The Morgan fingerprint density at radius 2 is 1.63 bits per heavy atom. The van der Waals surface area contributed by atoms with Crippen molar-refractivity contribution < 1.29 is 13.2 Å². The molecular weight excluding hydrogens is 418 g/mol. The van der Waals surface area contributed by atoms with Crippen molar-refractivity contribution in [1.29, 1.82) is 0 Å². The maximum atomic E-state index is 12.5. The van der Waals surface area contributed by atoms with Crippen LogP contribution < -0.4 is 10.0 Å². The molecule has 4 aromatic rings. The van der Waals surface area contributed by atoms with Crippen molar-refractivity contribution in [3.8, 4) is 0 Å². The van der Waals surface area contributed by atoms with Gasteiger partial charge in [0.25, 0.3) is 10.0 Å². The maximum absolute atomic E-state index is 12.5. The van der Waals surface area contributed by atoms with Gasteiger partial charge in [0.15, 0.2) is 5.13 Å². The maximum Gasteiger partial charge on any atom is 0.263 e. The van der Waals surface area contributed by atoms with Crippen molar-refractivity contribution in [2.24, 2.45) is 0 Å². The lowest BCUT2D eigenvalue weighted by molar-refractivity contribution is -0.116. The number of anilines is 2. The fourth-order valence-electron chi connectivity index (χ4n) is 2.95. The number of hydrogen-bond acceptors (Lipinski definition) is 5. The third-order valence-corrected chi connectivity index (χ3v) is 6.85. The lowest BCUT2D eigenvalue weighted by Gasteiger charge is -2.05. The molecule has 0 fully saturated rings. The molecule has 0 bridgehead atoms. The fourth-order valence-corrected chi connectivity index (χ4v) is 5.11. The van der Waals surface area contributed by atoms with Crippen LogP contribution in [0.4, 0.5) is 10.8 Å². The normalized spacial score (nSPS) is 11.3. The molecule has 0 aliphatic rings. The van der Waals surface area contributed by atoms with E-state index in [0.29, 0.717) is 24.0 Å². The van der Waals surface area contributed by atoms with Crippen LogP contribution in [0.15, 0.2) is 83.8 Å². The minimum absolute atomic E-state index is 0.0762. The van der Waals surface area contributed by atoms with E-state index in [2.05, 4.69) is 15.0 Å². The summed E-state index contributed by atoms with van der Waals surface area (Å²) in [6, 6.07) is 23.3. The number of nitrogens with one attached hydrogen (secondary N) is 2. The van der Waals surface area contributed by atoms with E-state index < -0.39 is 10.0 Å². The number of nitrogens with zero attached hydrogens (tertiary/aromatic N) is 1. The van der Waals surface area contributed by atoms with Gasteiger partial charge in [0.1, 0.15) is 0 Å². The van der Waals surface area contributed by atoms with Crippen LogP contribution in [-0.4, -0.2) is 19.3 Å². The number of rotatable bonds is 7. The Labute approximate surface area is 178 Å². The van der Waals surface area contributed by atoms with Crippen LogP contribution in [0, 0.1) is 0 Å². The number of fused-ring (bicyclic) bond motifs is 1. The summed E-state index contributed by atoms with van der Waals surface area (Å²) in [6.45, 7) is 0. The standard InChI is InChI=1S/C22H19N3O3S2/c26-21(14-11-16-7-3-1-4-8-16)23-17-12-13-19-20(15-17)29-22(24-19)25-30(27,28)18-9-5-2-6-10-18/h1-10,12-13,15H,11,14H2,(H,23,26)(H,24,25). The molecule has 0 unspecified atom stereocenters. The Bertz CT molecular complexity index is 1270. The Morgan fingerprint density at radius 3 is 2.37 bits per heavy atom. The van der Waals surface area contributed by atoms with Gasteiger partial charge >= 0.3 is 0 Å². The van der Waals surface area contributed by atoms with Gasteiger partial charge in [-0.15, -0.1) is 0 Å². The molecule has 6 nitrogen and oxygen atoms in total. The van der Waals surface area contributed by atoms with Crippen molar-refractivity contribution in [2.75, 3.05) is 10.0 Å². The second-order valence-electron chi connectivity index (χ2n) is 6.65. The Kier molecular flexibility index (Phi) is 5.78. The smallest absolute Gasteiger partial charge is 0.263 e. The number of carbonyl (C=O) groups excluding carboxylic acids is 1. The van der Waals surface area contributed by atoms with Gasteiger partial charge in [-0.2, -0.15) is 0 Å². The number of amides is 1. The molecule has 0 spiro atoms. The summed E-state index contributed by atoms with van der Waals surface area (Å²) in [5, 5.41) is 3.17. The zero-order chi connectivity index (χ0) is 21.0. The van der Waals surface area contributed by atoms with Crippen molar-refractivity contribution in [3.63, 3.8) is 0 Å². The first-order chi connectivity index (χ1) is 14.5. The second kappa shape index (κ2) is 8.64. The zero-order valence-corrected chi connectivity index (χ0v) is 17.5. The molecule has 3 aromatic carbocycles. The number of aromatic nitrogens is 1. The van der Waals surface area contributed by atoms with Crippen molar-refractivity contribution in [2.45, 2.75) is 17.7 Å². The van der Waals surface area contributed by atoms with Gasteiger partial charge in [0.05, 0.1) is 15.1 Å². The van der Waals surface area contributed by atoms with E-state index >= 15 is 0 Å². The minimum atomic E-state index is -3.70. The Balaban J connectivity index is 1.44. The number of carbonyl (C=O) groups is 1. The van der Waals surface area contributed by atoms with Crippen LogP contribution in [0.1, 0.15) is 12.0 Å². The molecule has 2 N–H and O–H groups in total. The minimum Gasteiger partial charge on any atom is -0.326 e. The van der Waals surface area contributed by atoms with E-state index in [0.717, 1.165) is 10.3 Å². The number of hydrogen-bond donors (Lipinski definition) is 2. The summed E-state index contributed by atoms with van der Waals surface area (Å²) < 4.78 is 28.3. The molecular formula is C22H19N3O3S2. The first-order valence-corrected chi connectivity index (χ1v) is 11.6. The number of benzene rings is 3. The molecule has 152 valence electrons. The van der Waals surface area contributed by atoms with Gasteiger partial charge in [0.2, 0.25) is 5.91 Å². The van der Waals surface area contributed by atoms with E-state index in [1.807, 2.05) is 30.3 Å². The highest BCUT2D eigenvalue weighted by Gasteiger charge is 2.16. The molecule has 0 radical (unpaired) electrons. The molecule has 1 amide bonds. The summed E-state index contributed by atoms with van der Waals surface area (Å²) in [5.74, 6) is -0.0762. The topological polar surface area (TPSA) is 88.2 Å². The van der Waals surface area contributed by atoms with E-state index in [4.69, 9.17) is 0 Å². The second-order valence-corrected chi connectivity index (χ2v) is 9.37. The largest absolute Gasteiger partial charge is 0.326 e. The highest BCUT2D eigenvalue weighted by atomic mass is 32.2. The molecule has 0 saturated carbocycles. The van der Waals surface area contributed by atoms with Crippen LogP contribution >= 0.6 is 11.3 Å². The highest BCUT2D eigenvalue weighted by molar-refractivity contribution is 7.93. The molecule has 0 atom stereocenters. The van der Waals surface area contributed by atoms with Gasteiger partial charge in [-0.05, 0) is 42.3 Å². The zero-order valence-electron chi connectivity index (χ0n) is 15.9. The molecule has 0 aliphatic heterocycles. The molecule has 4 rings (SSSR count). The van der Waals surface area contributed by atoms with Gasteiger partial charge < -0.3 is 5.32 Å². The molecule has 0 saturated heterocycles. The summed E-state index contributed by atoms with van der Waals surface area (Å²) >= 11 is 1.22. The van der Waals surface area contributed by atoms with Crippen molar-refractivity contribution in [1.82, 2.24) is 4.98 Å². The van der Waals surface area contributed by atoms with Gasteiger partial charge in [0, 0.05) is 12.1 Å². The summed E-state index contributed by atoms with van der Waals surface area (Å²) in [4.78, 5) is 16.8. The summed E-state index contributed by atoms with van der Waals surface area (Å²) in [7, 11) is -3.70. The molecule has 30 heavy (non-hydrogen) atoms. The first kappa shape index (κ1) is 20.1. The van der Waals surface area contributed by atoms with Gasteiger partial charge in [-0.25, -0.2) is 13.4 Å². The highest BCUT2D eigenvalue weighted by Crippen LogP contribution is 2.30. The SMILES string of the molecule is O=C(CCc1ccccc1)Nc1ccc2nc(NS(=O)(=O)c3ccccc3)sc2c1. The number of sulfonamides is 1. The first-order valence-electron chi connectivity index (χ1n) is 9.32. The summed E-state index contributed by atoms with van der Waals surface area (Å²) in [5.41, 5.74) is 2.43. The Morgan fingerprint density at radius 1 is 0.933 bits per heavy atom.